The second-order valence-electron chi connectivity index (χ2n) is 5.89. The van der Waals surface area contributed by atoms with Crippen molar-refractivity contribution >= 4 is 46.5 Å². The van der Waals surface area contributed by atoms with Crippen LogP contribution in [0, 0.1) is 6.92 Å². The molecule has 0 spiro atoms. The van der Waals surface area contributed by atoms with Gasteiger partial charge in [-0.3, -0.25) is 0 Å². The number of hydrogen-bond donors (Lipinski definition) is 1. The van der Waals surface area contributed by atoms with Crippen LogP contribution in [0.3, 0.4) is 0 Å². The summed E-state index contributed by atoms with van der Waals surface area (Å²) in [5.41, 5.74) is 5.05. The maximum absolute atomic E-state index is 12.3. The van der Waals surface area contributed by atoms with Gasteiger partial charge in [0.15, 0.2) is 0 Å². The van der Waals surface area contributed by atoms with Crippen molar-refractivity contribution in [3.63, 3.8) is 0 Å². The fourth-order valence-corrected chi connectivity index (χ4v) is 3.69. The quantitative estimate of drug-likeness (QED) is 0.680. The number of ether oxygens (including phenoxy) is 1. The Kier molecular flexibility index (Phi) is 3.75. The third-order valence-electron chi connectivity index (χ3n) is 4.39. The first-order valence-electron chi connectivity index (χ1n) is 7.38. The third kappa shape index (κ3) is 2.39. The Bertz CT molecular complexity index is 921. The Morgan fingerprint density at radius 3 is 2.62 bits per heavy atom. The maximum atomic E-state index is 12.3. The van der Waals surface area contributed by atoms with E-state index in [-0.39, 0.29) is 18.5 Å². The lowest BCUT2D eigenvalue weighted by Crippen LogP contribution is -2.20. The van der Waals surface area contributed by atoms with Gasteiger partial charge >= 0.3 is 5.97 Å². The van der Waals surface area contributed by atoms with Gasteiger partial charge in [-0.2, -0.15) is 0 Å². The average Bonchev–Trinajstić information content (AvgIpc) is 2.90. The first-order valence-corrected chi connectivity index (χ1v) is 8.51. The van der Waals surface area contributed by atoms with E-state index in [0.29, 0.717) is 20.6 Å². The number of esters is 1. The number of nitrogens with one attached hydrogen (secondary N) is 1. The fourth-order valence-electron chi connectivity index (χ4n) is 3.22. The van der Waals surface area contributed by atoms with Gasteiger partial charge in [0.25, 0.3) is 0 Å². The molecule has 0 radical (unpaired) electrons. The summed E-state index contributed by atoms with van der Waals surface area (Å²) in [6, 6.07) is 9.29. The van der Waals surface area contributed by atoms with Gasteiger partial charge < -0.3 is 10.1 Å². The first-order chi connectivity index (χ1) is 11.5. The van der Waals surface area contributed by atoms with Gasteiger partial charge in [-0.1, -0.05) is 46.9 Å². The van der Waals surface area contributed by atoms with Gasteiger partial charge in [-0.15, -0.1) is 0 Å². The average molecular weight is 381 g/mol. The van der Waals surface area contributed by atoms with Crippen LogP contribution >= 0.6 is 34.8 Å². The molecule has 0 fully saturated rings. The number of aryl methyl sites for hydroxylation is 1. The SMILES string of the molecule is Cc1cc2c(cc1Cl)NC1=C(C(=O)OC1)C2c1ccc(Cl)c(Cl)c1. The molecule has 1 unspecified atom stereocenters. The molecule has 4 rings (SSSR count). The zero-order chi connectivity index (χ0) is 17.0. The van der Waals surface area contributed by atoms with E-state index in [0.717, 1.165) is 28.1 Å². The molecule has 1 N–H and O–H groups in total. The van der Waals surface area contributed by atoms with E-state index < -0.39 is 0 Å². The van der Waals surface area contributed by atoms with Crippen molar-refractivity contribution in [3.05, 3.63) is 73.4 Å². The molecule has 122 valence electrons. The van der Waals surface area contributed by atoms with Crippen molar-refractivity contribution in [1.82, 2.24) is 0 Å². The van der Waals surface area contributed by atoms with Gasteiger partial charge in [0.05, 0.1) is 21.3 Å². The number of carbonyl (C=O) groups excluding carboxylic acids is 1. The van der Waals surface area contributed by atoms with Crippen LogP contribution in [-0.4, -0.2) is 12.6 Å². The maximum Gasteiger partial charge on any atom is 0.337 e. The topological polar surface area (TPSA) is 38.3 Å². The lowest BCUT2D eigenvalue weighted by atomic mass is 9.80. The van der Waals surface area contributed by atoms with Gasteiger partial charge in [-0.25, -0.2) is 4.79 Å². The van der Waals surface area contributed by atoms with E-state index in [2.05, 4.69) is 5.32 Å². The molecule has 0 bridgehead atoms. The number of hydrogen-bond acceptors (Lipinski definition) is 3. The summed E-state index contributed by atoms with van der Waals surface area (Å²) in [7, 11) is 0. The molecule has 0 amide bonds. The number of anilines is 1. The molecule has 2 aliphatic heterocycles. The molecule has 2 heterocycles. The zero-order valence-corrected chi connectivity index (χ0v) is 14.9. The predicted molar refractivity (Wildman–Crippen MR) is 96.1 cm³/mol. The van der Waals surface area contributed by atoms with E-state index >= 15 is 0 Å². The van der Waals surface area contributed by atoms with Crippen molar-refractivity contribution in [1.29, 1.82) is 0 Å². The minimum Gasteiger partial charge on any atom is -0.456 e. The van der Waals surface area contributed by atoms with Gasteiger partial charge in [0, 0.05) is 16.6 Å². The molecular formula is C18H12Cl3NO2. The number of cyclic esters (lactones) is 1. The molecular weight excluding hydrogens is 369 g/mol. The second-order valence-corrected chi connectivity index (χ2v) is 7.11. The van der Waals surface area contributed by atoms with Gasteiger partial charge in [0.1, 0.15) is 6.61 Å². The Balaban J connectivity index is 1.96. The standard InChI is InChI=1S/C18H12Cl3NO2/c1-8-4-10-14(6-12(8)20)22-15-7-24-18(23)17(15)16(10)9-2-3-11(19)13(21)5-9/h2-6,16,22H,7H2,1H3. The summed E-state index contributed by atoms with van der Waals surface area (Å²) < 4.78 is 5.23. The van der Waals surface area contributed by atoms with E-state index in [9.17, 15) is 4.79 Å². The summed E-state index contributed by atoms with van der Waals surface area (Å²) in [6.07, 6.45) is 0. The Morgan fingerprint density at radius 1 is 1.08 bits per heavy atom. The molecule has 0 aliphatic carbocycles. The van der Waals surface area contributed by atoms with E-state index in [1.165, 1.54) is 0 Å². The first kappa shape index (κ1) is 15.8. The molecule has 1 atom stereocenters. The molecule has 2 aromatic carbocycles. The van der Waals surface area contributed by atoms with Crippen molar-refractivity contribution in [2.24, 2.45) is 0 Å². The highest BCUT2D eigenvalue weighted by molar-refractivity contribution is 6.42. The van der Waals surface area contributed by atoms with Gasteiger partial charge in [-0.05, 0) is 41.8 Å². The number of halogens is 3. The van der Waals surface area contributed by atoms with Crippen LogP contribution < -0.4 is 5.32 Å². The van der Waals surface area contributed by atoms with Crippen LogP contribution in [0.1, 0.15) is 22.6 Å². The molecule has 24 heavy (non-hydrogen) atoms. The minimum atomic E-state index is -0.313. The van der Waals surface area contributed by atoms with Crippen molar-refractivity contribution in [2.45, 2.75) is 12.8 Å². The summed E-state index contributed by atoms with van der Waals surface area (Å²) in [5.74, 6) is -0.580. The van der Waals surface area contributed by atoms with Gasteiger partial charge in [0.2, 0.25) is 0 Å². The predicted octanol–water partition coefficient (Wildman–Crippen LogP) is 5.32. The molecule has 0 saturated heterocycles. The number of benzene rings is 2. The number of rotatable bonds is 1. The minimum absolute atomic E-state index is 0.233. The second kappa shape index (κ2) is 5.69. The number of carbonyl (C=O) groups is 1. The highest BCUT2D eigenvalue weighted by Crippen LogP contribution is 2.46. The summed E-state index contributed by atoms with van der Waals surface area (Å²) in [4.78, 5) is 12.3. The van der Waals surface area contributed by atoms with E-state index in [1.54, 1.807) is 12.1 Å². The Hall–Kier alpha value is -1.68. The molecule has 3 nitrogen and oxygen atoms in total. The fraction of sp³-hybridized carbons (Fsp3) is 0.167. The zero-order valence-electron chi connectivity index (χ0n) is 12.6. The van der Waals surface area contributed by atoms with E-state index in [4.69, 9.17) is 39.5 Å². The van der Waals surface area contributed by atoms with Crippen LogP contribution in [0.25, 0.3) is 0 Å². The third-order valence-corrected chi connectivity index (χ3v) is 5.53. The lowest BCUT2D eigenvalue weighted by molar-refractivity contribution is -0.136. The summed E-state index contributed by atoms with van der Waals surface area (Å²) in [6.45, 7) is 2.17. The highest BCUT2D eigenvalue weighted by Gasteiger charge is 2.38. The van der Waals surface area contributed by atoms with Crippen LogP contribution in [0.4, 0.5) is 5.69 Å². The van der Waals surface area contributed by atoms with E-state index in [1.807, 2.05) is 25.1 Å². The molecule has 6 heteroatoms. The Morgan fingerprint density at radius 2 is 1.88 bits per heavy atom. The van der Waals surface area contributed by atoms with Crippen LogP contribution in [-0.2, 0) is 9.53 Å². The highest BCUT2D eigenvalue weighted by atomic mass is 35.5. The van der Waals surface area contributed by atoms with Crippen molar-refractivity contribution in [3.8, 4) is 0 Å². The number of fused-ring (bicyclic) bond motifs is 1. The largest absolute Gasteiger partial charge is 0.456 e. The monoisotopic (exact) mass is 379 g/mol. The molecule has 0 aromatic heterocycles. The molecule has 0 saturated carbocycles. The summed E-state index contributed by atoms with van der Waals surface area (Å²) >= 11 is 18.5. The van der Waals surface area contributed by atoms with Crippen molar-refractivity contribution < 1.29 is 9.53 Å². The Labute approximate surface area is 154 Å². The molecule has 2 aliphatic rings. The van der Waals surface area contributed by atoms with Crippen LogP contribution in [0.5, 0.6) is 0 Å². The van der Waals surface area contributed by atoms with Crippen LogP contribution in [0.15, 0.2) is 41.6 Å². The molecule has 2 aromatic rings. The normalized spacial score (nSPS) is 18.8. The smallest absolute Gasteiger partial charge is 0.337 e. The summed E-state index contributed by atoms with van der Waals surface area (Å²) in [5, 5.41) is 4.87. The van der Waals surface area contributed by atoms with Crippen LogP contribution in [0.2, 0.25) is 15.1 Å². The van der Waals surface area contributed by atoms with Crippen molar-refractivity contribution in [2.75, 3.05) is 11.9 Å². The lowest BCUT2D eigenvalue weighted by Gasteiger charge is -2.28.